The molecule has 164 valence electrons. The lowest BCUT2D eigenvalue weighted by atomic mass is 9.89. The van der Waals surface area contributed by atoms with Gasteiger partial charge >= 0.3 is 0 Å². The Morgan fingerprint density at radius 2 is 2.00 bits per heavy atom. The van der Waals surface area contributed by atoms with Crippen LogP contribution in [0, 0.1) is 0 Å². The monoisotopic (exact) mass is 423 g/mol. The summed E-state index contributed by atoms with van der Waals surface area (Å²) in [6.07, 6.45) is 8.03. The maximum Gasteiger partial charge on any atom is 0.272 e. The van der Waals surface area contributed by atoms with Gasteiger partial charge in [-0.15, -0.1) is 0 Å². The summed E-state index contributed by atoms with van der Waals surface area (Å²) in [5, 5.41) is 6.90. The Morgan fingerprint density at radius 1 is 1.19 bits per heavy atom. The molecule has 9 heteroatoms. The van der Waals surface area contributed by atoms with Crippen molar-refractivity contribution in [2.24, 2.45) is 5.73 Å². The number of imidazole rings is 1. The van der Waals surface area contributed by atoms with Crippen LogP contribution >= 0.6 is 0 Å². The van der Waals surface area contributed by atoms with Crippen LogP contribution in [0.3, 0.4) is 0 Å². The molecule has 0 atom stereocenters. The molecule has 5 rings (SSSR count). The van der Waals surface area contributed by atoms with E-state index in [0.29, 0.717) is 30.5 Å². The number of hydrogen-bond acceptors (Lipinski definition) is 6. The summed E-state index contributed by atoms with van der Waals surface area (Å²) >= 11 is 0. The van der Waals surface area contributed by atoms with Gasteiger partial charge in [0.2, 0.25) is 0 Å². The molecular formula is C22H29N7O2. The van der Waals surface area contributed by atoms with E-state index >= 15 is 0 Å². The number of aromatic amines is 2. The molecule has 3 aromatic heterocycles. The van der Waals surface area contributed by atoms with Crippen molar-refractivity contribution in [3.63, 3.8) is 0 Å². The SMILES string of the molecule is NCCc1cn[nH]c1C(=O)N1CCC(c2ccnc3nc(C4CCOCC4)[nH]c23)CC1. The summed E-state index contributed by atoms with van der Waals surface area (Å²) in [7, 11) is 0. The van der Waals surface area contributed by atoms with Gasteiger partial charge < -0.3 is 20.4 Å². The zero-order valence-corrected chi connectivity index (χ0v) is 17.6. The first-order valence-electron chi connectivity index (χ1n) is 11.2. The van der Waals surface area contributed by atoms with Gasteiger partial charge in [0.05, 0.1) is 11.7 Å². The topological polar surface area (TPSA) is 126 Å². The third-order valence-corrected chi connectivity index (χ3v) is 6.62. The molecular weight excluding hydrogens is 394 g/mol. The van der Waals surface area contributed by atoms with Gasteiger partial charge in [-0.2, -0.15) is 5.10 Å². The number of H-pyrrole nitrogens is 2. The van der Waals surface area contributed by atoms with E-state index in [1.807, 2.05) is 11.1 Å². The minimum Gasteiger partial charge on any atom is -0.381 e. The van der Waals surface area contributed by atoms with Crippen molar-refractivity contribution in [2.45, 2.75) is 43.9 Å². The van der Waals surface area contributed by atoms with Crippen LogP contribution < -0.4 is 5.73 Å². The molecule has 0 bridgehead atoms. The molecule has 0 spiro atoms. The Bertz CT molecular complexity index is 1050. The highest BCUT2D eigenvalue weighted by molar-refractivity contribution is 5.93. The molecule has 4 N–H and O–H groups in total. The molecule has 2 saturated heterocycles. The zero-order chi connectivity index (χ0) is 21.2. The lowest BCUT2D eigenvalue weighted by molar-refractivity contribution is 0.0706. The first kappa shape index (κ1) is 20.1. The average molecular weight is 424 g/mol. The highest BCUT2D eigenvalue weighted by Crippen LogP contribution is 2.34. The second kappa shape index (κ2) is 8.76. The van der Waals surface area contributed by atoms with E-state index in [4.69, 9.17) is 15.5 Å². The van der Waals surface area contributed by atoms with Crippen LogP contribution in [-0.2, 0) is 11.2 Å². The maximum absolute atomic E-state index is 13.0. The largest absolute Gasteiger partial charge is 0.381 e. The molecule has 2 fully saturated rings. The van der Waals surface area contributed by atoms with Crippen molar-refractivity contribution in [3.8, 4) is 0 Å². The van der Waals surface area contributed by atoms with E-state index in [-0.39, 0.29) is 5.91 Å². The molecule has 9 nitrogen and oxygen atoms in total. The zero-order valence-electron chi connectivity index (χ0n) is 17.6. The van der Waals surface area contributed by atoms with E-state index in [0.717, 1.165) is 74.5 Å². The van der Waals surface area contributed by atoms with E-state index in [2.05, 4.69) is 26.2 Å². The number of likely N-dealkylation sites (tertiary alicyclic amines) is 1. The van der Waals surface area contributed by atoms with Crippen molar-refractivity contribution in [2.75, 3.05) is 32.8 Å². The van der Waals surface area contributed by atoms with Gasteiger partial charge in [0.25, 0.3) is 5.91 Å². The van der Waals surface area contributed by atoms with Gasteiger partial charge in [0.1, 0.15) is 11.5 Å². The van der Waals surface area contributed by atoms with Gasteiger partial charge in [-0.1, -0.05) is 0 Å². The summed E-state index contributed by atoms with van der Waals surface area (Å²) in [5.74, 6) is 1.83. The van der Waals surface area contributed by atoms with Gasteiger partial charge in [-0.3, -0.25) is 9.89 Å². The van der Waals surface area contributed by atoms with Gasteiger partial charge in [-0.05, 0) is 56.2 Å². The van der Waals surface area contributed by atoms with Gasteiger partial charge in [0.15, 0.2) is 5.65 Å². The van der Waals surface area contributed by atoms with Gasteiger partial charge in [0, 0.05) is 44.0 Å². The van der Waals surface area contributed by atoms with E-state index in [9.17, 15) is 4.79 Å². The Kier molecular flexibility index (Phi) is 5.69. The first-order valence-corrected chi connectivity index (χ1v) is 11.2. The van der Waals surface area contributed by atoms with Crippen molar-refractivity contribution < 1.29 is 9.53 Å². The predicted molar refractivity (Wildman–Crippen MR) is 116 cm³/mol. The molecule has 3 aromatic rings. The number of hydrogen-bond donors (Lipinski definition) is 3. The van der Waals surface area contributed by atoms with Crippen molar-refractivity contribution in [3.05, 3.63) is 41.1 Å². The number of carbonyl (C=O) groups is 1. The summed E-state index contributed by atoms with van der Waals surface area (Å²) in [6, 6.07) is 2.10. The number of rotatable bonds is 5. The number of piperidine rings is 1. The summed E-state index contributed by atoms with van der Waals surface area (Å²) < 4.78 is 5.49. The smallest absolute Gasteiger partial charge is 0.272 e. The normalized spacial score (nSPS) is 18.7. The van der Waals surface area contributed by atoms with Crippen LogP contribution in [0.25, 0.3) is 11.2 Å². The fourth-order valence-electron chi connectivity index (χ4n) is 4.85. The Labute approximate surface area is 180 Å². The third kappa shape index (κ3) is 3.95. The number of pyridine rings is 1. The second-order valence-electron chi connectivity index (χ2n) is 8.48. The number of ether oxygens (including phenoxy) is 1. The minimum atomic E-state index is 0.0163. The molecule has 1 amide bonds. The van der Waals surface area contributed by atoms with Crippen LogP contribution in [-0.4, -0.2) is 68.8 Å². The summed E-state index contributed by atoms with van der Waals surface area (Å²) in [4.78, 5) is 27.7. The highest BCUT2D eigenvalue weighted by atomic mass is 16.5. The molecule has 0 saturated carbocycles. The number of amides is 1. The van der Waals surface area contributed by atoms with E-state index < -0.39 is 0 Å². The standard InChI is InChI=1S/C22H29N7O2/c23-7-1-16-13-25-28-18(16)22(30)29-9-3-14(4-10-29)17-2-8-24-21-19(17)26-20(27-21)15-5-11-31-12-6-15/h2,8,13-15H,1,3-7,9-12,23H2,(H,25,28)(H,24,26,27). The molecule has 2 aliphatic heterocycles. The number of nitrogens with zero attached hydrogens (tertiary/aromatic N) is 4. The highest BCUT2D eigenvalue weighted by Gasteiger charge is 2.28. The van der Waals surface area contributed by atoms with Crippen LogP contribution in [0.4, 0.5) is 0 Å². The minimum absolute atomic E-state index is 0.0163. The Balaban J connectivity index is 1.30. The average Bonchev–Trinajstić information content (AvgIpc) is 3.46. The quantitative estimate of drug-likeness (QED) is 0.577. The number of fused-ring (bicyclic) bond motifs is 1. The third-order valence-electron chi connectivity index (χ3n) is 6.62. The van der Waals surface area contributed by atoms with Crippen molar-refractivity contribution >= 4 is 17.1 Å². The molecule has 5 heterocycles. The lowest BCUT2D eigenvalue weighted by Gasteiger charge is -2.32. The molecule has 31 heavy (non-hydrogen) atoms. The number of aromatic nitrogens is 5. The fourth-order valence-corrected chi connectivity index (χ4v) is 4.85. The van der Waals surface area contributed by atoms with E-state index in [1.165, 1.54) is 5.56 Å². The number of carbonyl (C=O) groups excluding carboxylic acids is 1. The predicted octanol–water partition coefficient (Wildman–Crippen LogP) is 2.10. The molecule has 0 aliphatic carbocycles. The Morgan fingerprint density at radius 3 is 2.77 bits per heavy atom. The molecule has 0 radical (unpaired) electrons. The Hall–Kier alpha value is -2.78. The summed E-state index contributed by atoms with van der Waals surface area (Å²) in [6.45, 7) is 3.51. The van der Waals surface area contributed by atoms with Crippen molar-refractivity contribution in [1.29, 1.82) is 0 Å². The van der Waals surface area contributed by atoms with Gasteiger partial charge in [-0.25, -0.2) is 9.97 Å². The number of nitrogens with one attached hydrogen (secondary N) is 2. The fraction of sp³-hybridized carbons (Fsp3) is 0.545. The summed E-state index contributed by atoms with van der Waals surface area (Å²) in [5.41, 5.74) is 10.2. The van der Waals surface area contributed by atoms with E-state index in [1.54, 1.807) is 6.20 Å². The van der Waals surface area contributed by atoms with Crippen LogP contribution in [0.1, 0.15) is 65.0 Å². The number of nitrogens with two attached hydrogens (primary N) is 1. The second-order valence-corrected chi connectivity index (χ2v) is 8.48. The first-order chi connectivity index (χ1) is 15.2. The molecule has 2 aliphatic rings. The maximum atomic E-state index is 13.0. The lowest BCUT2D eigenvalue weighted by Crippen LogP contribution is -2.38. The molecule has 0 unspecified atom stereocenters. The van der Waals surface area contributed by atoms with Crippen molar-refractivity contribution in [1.82, 2.24) is 30.0 Å². The van der Waals surface area contributed by atoms with Crippen LogP contribution in [0.15, 0.2) is 18.5 Å². The van der Waals surface area contributed by atoms with Crippen LogP contribution in [0.5, 0.6) is 0 Å². The van der Waals surface area contributed by atoms with Crippen LogP contribution in [0.2, 0.25) is 0 Å². The molecule has 0 aromatic carbocycles.